The van der Waals surface area contributed by atoms with Crippen LogP contribution >= 0.6 is 27.0 Å². The third-order valence-corrected chi connectivity index (χ3v) is 7.79. The molecule has 0 aromatic heterocycles. The average molecular weight is 659 g/mol. The molecule has 2 aliphatic carbocycles. The molecule has 2 aromatic rings. The Morgan fingerprint density at radius 3 is 1.74 bits per heavy atom. The Kier molecular flexibility index (Phi) is 15.7. The van der Waals surface area contributed by atoms with Crippen molar-refractivity contribution in [1.82, 2.24) is 0 Å². The second kappa shape index (κ2) is 17.6. The van der Waals surface area contributed by atoms with Crippen molar-refractivity contribution in [2.24, 2.45) is 10.9 Å². The first kappa shape index (κ1) is 31.3. The van der Waals surface area contributed by atoms with Crippen LogP contribution < -0.4 is 10.6 Å². The van der Waals surface area contributed by atoms with Gasteiger partial charge in [0.2, 0.25) is 0 Å². The molecule has 186 valence electrons. The van der Waals surface area contributed by atoms with Gasteiger partial charge >= 0.3 is 52.1 Å². The number of hydrogen-bond donors (Lipinski definition) is 0. The Hall–Kier alpha value is 0.102. The predicted molar refractivity (Wildman–Crippen MR) is 144 cm³/mol. The minimum Gasteiger partial charge on any atom is 2.00 e. The summed E-state index contributed by atoms with van der Waals surface area (Å²) in [5, 5.41) is 2.69. The van der Waals surface area contributed by atoms with Crippen molar-refractivity contribution in [3.05, 3.63) is 124 Å². The molecule has 2 aromatic carbocycles. The molecule has 0 bridgehead atoms. The van der Waals surface area contributed by atoms with Crippen LogP contribution in [0.5, 0.6) is 0 Å². The number of ether oxygens (including phenoxy) is 1. The van der Waals surface area contributed by atoms with Gasteiger partial charge in [0.05, 0.1) is 12.0 Å². The molecule has 2 saturated carbocycles. The maximum Gasteiger partial charge on any atom is 2.00 e. The summed E-state index contributed by atoms with van der Waals surface area (Å²) in [6.07, 6.45) is 16.5. The molecule has 0 N–H and O–H groups in total. The van der Waals surface area contributed by atoms with Crippen molar-refractivity contribution in [2.45, 2.75) is 19.9 Å². The van der Waals surface area contributed by atoms with Gasteiger partial charge in [-0.25, -0.2) is 4.99 Å². The van der Waals surface area contributed by atoms with Crippen LogP contribution in [-0.4, -0.2) is 18.5 Å². The van der Waals surface area contributed by atoms with Crippen LogP contribution in [0.2, 0.25) is 0 Å². The van der Waals surface area contributed by atoms with E-state index < -0.39 is 7.92 Å². The minimum atomic E-state index is -0.636. The summed E-state index contributed by atoms with van der Waals surface area (Å²) in [5.74, 6) is 2.45. The van der Waals surface area contributed by atoms with E-state index in [1.807, 2.05) is 32.1 Å². The molecule has 1 aliphatic heterocycles. The van der Waals surface area contributed by atoms with Crippen molar-refractivity contribution in [3.63, 3.8) is 0 Å². The van der Waals surface area contributed by atoms with Crippen molar-refractivity contribution < 1.29 is 37.7 Å². The number of benzene rings is 2. The van der Waals surface area contributed by atoms with E-state index in [0.717, 1.165) is 11.8 Å². The Labute approximate surface area is 240 Å². The molecule has 1 heterocycles. The first-order valence-corrected chi connectivity index (χ1v) is 16.4. The zero-order valence-corrected chi connectivity index (χ0v) is 24.5. The quantitative estimate of drug-likeness (QED) is 0.259. The van der Waals surface area contributed by atoms with Gasteiger partial charge in [0.1, 0.15) is 6.61 Å². The first-order chi connectivity index (χ1) is 16.7. The summed E-state index contributed by atoms with van der Waals surface area (Å²) >= 11 is -0.106. The Morgan fingerprint density at radius 2 is 1.31 bits per heavy atom. The monoisotopic (exact) mass is 657 g/mol. The normalized spacial score (nSPS) is 19.9. The molecule has 0 amide bonds. The van der Waals surface area contributed by atoms with E-state index in [4.69, 9.17) is 28.8 Å². The third-order valence-electron chi connectivity index (χ3n) is 5.29. The fourth-order valence-corrected chi connectivity index (χ4v) is 6.01. The fourth-order valence-electron chi connectivity index (χ4n) is 3.57. The number of halogens is 2. The van der Waals surface area contributed by atoms with Crippen molar-refractivity contribution in [1.29, 1.82) is 0 Å². The second-order valence-corrected chi connectivity index (χ2v) is 12.4. The summed E-state index contributed by atoms with van der Waals surface area (Å²) in [6.45, 7) is 5.09. The second-order valence-electron chi connectivity index (χ2n) is 7.90. The number of hydrogen-bond acceptors (Lipinski definition) is 2. The molecule has 3 aliphatic rings. The molecule has 0 spiro atoms. The van der Waals surface area contributed by atoms with Gasteiger partial charge in [-0.1, -0.05) is 74.5 Å². The summed E-state index contributed by atoms with van der Waals surface area (Å²) in [7, 11) is 8.99. The number of aliphatic imine (C=N–C) groups is 1. The van der Waals surface area contributed by atoms with E-state index in [-0.39, 0.29) is 39.0 Å². The van der Waals surface area contributed by atoms with Crippen LogP contribution in [0.3, 0.4) is 0 Å². The van der Waals surface area contributed by atoms with E-state index in [2.05, 4.69) is 93.8 Å². The minimum absolute atomic E-state index is 0. The number of nitrogens with zero attached hydrogens (tertiary/aromatic N) is 1. The van der Waals surface area contributed by atoms with Crippen LogP contribution in [-0.2, 0) is 37.7 Å². The molecular formula is C28H28Cl2FeNOPPd+2. The largest absolute Gasteiger partial charge is 2.00 e. The zero-order chi connectivity index (χ0) is 24.2. The smallest absolute Gasteiger partial charge is 2.00 e. The fraction of sp³-hybridized carbons (Fsp3) is 0.179. The average Bonchev–Trinajstić information content (AvgIpc) is 3.65. The molecule has 10 radical (unpaired) electrons. The van der Waals surface area contributed by atoms with Gasteiger partial charge in [0.15, 0.2) is 5.90 Å². The van der Waals surface area contributed by atoms with Crippen LogP contribution in [0.25, 0.3) is 0 Å². The molecular weight excluding hydrogens is 630 g/mol. The van der Waals surface area contributed by atoms with Gasteiger partial charge in [0.25, 0.3) is 0 Å². The summed E-state index contributed by atoms with van der Waals surface area (Å²) in [6, 6.07) is 21.8. The van der Waals surface area contributed by atoms with Crippen LogP contribution in [0.1, 0.15) is 13.8 Å². The van der Waals surface area contributed by atoms with E-state index in [9.17, 15) is 0 Å². The van der Waals surface area contributed by atoms with E-state index >= 15 is 0 Å². The van der Waals surface area contributed by atoms with Gasteiger partial charge in [-0.2, -0.15) is 0 Å². The van der Waals surface area contributed by atoms with Crippen LogP contribution in [0.15, 0.2) is 65.7 Å². The van der Waals surface area contributed by atoms with E-state index in [1.54, 1.807) is 0 Å². The van der Waals surface area contributed by atoms with Crippen LogP contribution in [0, 0.1) is 68.9 Å². The molecule has 0 saturated heterocycles. The molecule has 7 heteroatoms. The van der Waals surface area contributed by atoms with E-state index in [0.29, 0.717) is 12.5 Å². The number of rotatable bonds is 5. The van der Waals surface area contributed by atoms with Gasteiger partial charge in [-0.05, 0) is 75.8 Å². The van der Waals surface area contributed by atoms with Crippen molar-refractivity contribution in [2.75, 3.05) is 6.61 Å². The van der Waals surface area contributed by atoms with Gasteiger partial charge in [0, 0.05) is 5.66 Å². The summed E-state index contributed by atoms with van der Waals surface area (Å²) in [4.78, 5) is 4.87. The van der Waals surface area contributed by atoms with Gasteiger partial charge in [-0.15, -0.1) is 0 Å². The Balaban J connectivity index is 0.000000414. The molecule has 2 nitrogen and oxygen atoms in total. The van der Waals surface area contributed by atoms with Crippen LogP contribution in [0.4, 0.5) is 0 Å². The first-order valence-electron chi connectivity index (χ1n) is 11.0. The molecule has 0 unspecified atom stereocenters. The Bertz CT molecular complexity index is 807. The topological polar surface area (TPSA) is 21.6 Å². The van der Waals surface area contributed by atoms with Crippen molar-refractivity contribution >= 4 is 43.5 Å². The van der Waals surface area contributed by atoms with Gasteiger partial charge in [-0.3, -0.25) is 0 Å². The summed E-state index contributed by atoms with van der Waals surface area (Å²) < 4.78 is 5.99. The standard InChI is InChI=1S/C23H23NOP.C5H5.2ClH.Fe.Pd/c1-17(2)21-16-25-23(24-21)20-14-9-15-22(20)26(18-10-5-3-6-11-18)19-12-7-4-8-13-19;1-2-4-5-3-1;;;;/h3-15,17,21H,16H2,1-2H3;1-5H;2*1H;;/q;;;;2*+2/p-2/t21-;;;;;/m0...../s1. The SMILES string of the molecule is CC(C)[C@@H]1COC([C]2[CH][CH][CH][C]2P(c2ccccc2)c2ccccc2)=N1.[CH]1[CH][CH][CH][CH]1.[Cl][Pd][Cl].[Fe+2]. The molecule has 2 fully saturated rings. The molecule has 1 atom stereocenters. The van der Waals surface area contributed by atoms with E-state index in [1.165, 1.54) is 16.3 Å². The zero-order valence-electron chi connectivity index (χ0n) is 19.5. The Morgan fingerprint density at radius 1 is 0.829 bits per heavy atom. The maximum absolute atomic E-state index is 5.99. The predicted octanol–water partition coefficient (Wildman–Crippen LogP) is 6.70. The maximum atomic E-state index is 5.99. The third kappa shape index (κ3) is 9.73. The molecule has 5 rings (SSSR count). The van der Waals surface area contributed by atoms with Gasteiger partial charge < -0.3 is 4.74 Å². The molecule has 35 heavy (non-hydrogen) atoms. The summed E-state index contributed by atoms with van der Waals surface area (Å²) in [5.41, 5.74) is 1.32. The van der Waals surface area contributed by atoms with Crippen molar-refractivity contribution in [3.8, 4) is 0 Å².